The van der Waals surface area contributed by atoms with Crippen molar-refractivity contribution in [1.29, 1.82) is 0 Å². The number of urea groups is 1. The molecule has 0 spiro atoms. The van der Waals surface area contributed by atoms with Crippen LogP contribution in [0.2, 0.25) is 0 Å². The fourth-order valence-electron chi connectivity index (χ4n) is 4.13. The van der Waals surface area contributed by atoms with Gasteiger partial charge < -0.3 is 20.7 Å². The molecule has 2 aliphatic heterocycles. The van der Waals surface area contributed by atoms with Crippen LogP contribution >= 0.6 is 0 Å². The molecule has 0 saturated carbocycles. The molecule has 1 unspecified atom stereocenters. The van der Waals surface area contributed by atoms with Crippen molar-refractivity contribution in [2.75, 3.05) is 38.1 Å². The zero-order valence-corrected chi connectivity index (χ0v) is 17.7. The van der Waals surface area contributed by atoms with E-state index in [1.165, 1.54) is 19.3 Å². The first-order chi connectivity index (χ1) is 15.2. The van der Waals surface area contributed by atoms with Crippen molar-refractivity contribution >= 4 is 17.6 Å². The molecule has 31 heavy (non-hydrogen) atoms. The monoisotopic (exact) mass is 422 g/mol. The van der Waals surface area contributed by atoms with Crippen LogP contribution in [0.1, 0.15) is 47.6 Å². The third kappa shape index (κ3) is 5.76. The second-order valence-electron chi connectivity index (χ2n) is 8.06. The quantitative estimate of drug-likeness (QED) is 0.637. The highest BCUT2D eigenvalue weighted by atomic mass is 16.5. The Morgan fingerprint density at radius 2 is 1.84 bits per heavy atom. The van der Waals surface area contributed by atoms with E-state index >= 15 is 0 Å². The molecule has 2 fully saturated rings. The lowest BCUT2D eigenvalue weighted by molar-refractivity contribution is 0.102. The Balaban J connectivity index is 1.33. The summed E-state index contributed by atoms with van der Waals surface area (Å²) in [5, 5.41) is 8.66. The number of carbonyl (C=O) groups excluding carboxylic acids is 2. The molecule has 164 valence electrons. The molecule has 4 rings (SSSR count). The SMILES string of the molecule is O=C1NCCC(c2ccccc2NC(=O)c2ccc(OCCN3CCCCC3)cc2)N1. The molecule has 3 N–H and O–H groups in total. The highest BCUT2D eigenvalue weighted by molar-refractivity contribution is 6.04. The molecule has 2 aromatic rings. The molecule has 0 bridgehead atoms. The first-order valence-electron chi connectivity index (χ1n) is 11.1. The Bertz CT molecular complexity index is 894. The number of amides is 3. The van der Waals surface area contributed by atoms with E-state index in [1.807, 2.05) is 36.4 Å². The van der Waals surface area contributed by atoms with Gasteiger partial charge in [0.2, 0.25) is 0 Å². The molecule has 0 aliphatic carbocycles. The zero-order valence-electron chi connectivity index (χ0n) is 17.7. The number of carbonyl (C=O) groups is 2. The van der Waals surface area contributed by atoms with Crippen molar-refractivity contribution in [3.05, 3.63) is 59.7 Å². The molecular formula is C24H30N4O3. The number of nitrogens with one attached hydrogen (secondary N) is 3. The minimum Gasteiger partial charge on any atom is -0.492 e. The molecular weight excluding hydrogens is 392 g/mol. The normalized spacial score (nSPS) is 19.2. The van der Waals surface area contributed by atoms with E-state index in [1.54, 1.807) is 12.1 Å². The number of anilines is 1. The van der Waals surface area contributed by atoms with Gasteiger partial charge in [0.05, 0.1) is 6.04 Å². The molecule has 1 atom stereocenters. The number of rotatable bonds is 7. The van der Waals surface area contributed by atoms with E-state index < -0.39 is 0 Å². The van der Waals surface area contributed by atoms with E-state index in [0.29, 0.717) is 24.4 Å². The van der Waals surface area contributed by atoms with Crippen LogP contribution in [-0.2, 0) is 0 Å². The number of hydrogen-bond acceptors (Lipinski definition) is 4. The van der Waals surface area contributed by atoms with Gasteiger partial charge in [-0.1, -0.05) is 24.6 Å². The molecule has 2 aromatic carbocycles. The van der Waals surface area contributed by atoms with Crippen molar-refractivity contribution in [3.63, 3.8) is 0 Å². The molecule has 3 amide bonds. The number of piperidine rings is 1. The largest absolute Gasteiger partial charge is 0.492 e. The van der Waals surface area contributed by atoms with Crippen LogP contribution < -0.4 is 20.7 Å². The van der Waals surface area contributed by atoms with Crippen LogP contribution in [0.5, 0.6) is 5.75 Å². The second-order valence-corrected chi connectivity index (χ2v) is 8.06. The second kappa shape index (κ2) is 10.3. The van der Waals surface area contributed by atoms with E-state index in [4.69, 9.17) is 4.74 Å². The Labute approximate surface area is 183 Å². The topological polar surface area (TPSA) is 82.7 Å². The van der Waals surface area contributed by atoms with Crippen LogP contribution in [-0.4, -0.2) is 49.6 Å². The molecule has 7 heteroatoms. The predicted octanol–water partition coefficient (Wildman–Crippen LogP) is 3.55. The summed E-state index contributed by atoms with van der Waals surface area (Å²) in [5.74, 6) is 0.582. The average molecular weight is 423 g/mol. The third-order valence-electron chi connectivity index (χ3n) is 5.85. The standard InChI is InChI=1S/C24H30N4O3/c29-23(26-21-7-3-2-6-20(21)22-12-13-25-24(30)27-22)18-8-10-19(11-9-18)31-17-16-28-14-4-1-5-15-28/h2-3,6-11,22H,1,4-5,12-17H2,(H,26,29)(H2,25,27,30). The number of nitrogens with zero attached hydrogens (tertiary/aromatic N) is 1. The Kier molecular flexibility index (Phi) is 7.04. The van der Waals surface area contributed by atoms with Gasteiger partial charge in [-0.15, -0.1) is 0 Å². The smallest absolute Gasteiger partial charge is 0.315 e. The van der Waals surface area contributed by atoms with Crippen LogP contribution in [0.25, 0.3) is 0 Å². The molecule has 2 aliphatic rings. The molecule has 2 saturated heterocycles. The maximum atomic E-state index is 12.8. The molecule has 0 aromatic heterocycles. The highest BCUT2D eigenvalue weighted by Gasteiger charge is 2.22. The van der Waals surface area contributed by atoms with Crippen molar-refractivity contribution in [3.8, 4) is 5.75 Å². The maximum Gasteiger partial charge on any atom is 0.315 e. The van der Waals surface area contributed by atoms with Crippen LogP contribution in [0.4, 0.5) is 10.5 Å². The van der Waals surface area contributed by atoms with E-state index in [0.717, 1.165) is 37.4 Å². The van der Waals surface area contributed by atoms with Gasteiger partial charge in [0, 0.05) is 24.3 Å². The summed E-state index contributed by atoms with van der Waals surface area (Å²) in [6, 6.07) is 14.5. The van der Waals surface area contributed by atoms with Gasteiger partial charge in [-0.05, 0) is 68.2 Å². The summed E-state index contributed by atoms with van der Waals surface area (Å²) in [6.07, 6.45) is 4.65. The minimum absolute atomic E-state index is 0.124. The Morgan fingerprint density at radius 3 is 2.61 bits per heavy atom. The van der Waals surface area contributed by atoms with Gasteiger partial charge in [-0.3, -0.25) is 9.69 Å². The van der Waals surface area contributed by atoms with Crippen molar-refractivity contribution in [1.82, 2.24) is 15.5 Å². The number of benzene rings is 2. The van der Waals surface area contributed by atoms with Gasteiger partial charge in [-0.25, -0.2) is 4.79 Å². The van der Waals surface area contributed by atoms with Crippen LogP contribution in [0, 0.1) is 0 Å². The van der Waals surface area contributed by atoms with E-state index in [-0.39, 0.29) is 18.0 Å². The summed E-state index contributed by atoms with van der Waals surface area (Å²) < 4.78 is 5.85. The lowest BCUT2D eigenvalue weighted by atomic mass is 10.00. The van der Waals surface area contributed by atoms with Crippen LogP contribution in [0.15, 0.2) is 48.5 Å². The predicted molar refractivity (Wildman–Crippen MR) is 121 cm³/mol. The van der Waals surface area contributed by atoms with Gasteiger partial charge in [0.15, 0.2) is 0 Å². The number of ether oxygens (including phenoxy) is 1. The van der Waals surface area contributed by atoms with Crippen molar-refractivity contribution in [2.24, 2.45) is 0 Å². The van der Waals surface area contributed by atoms with Crippen molar-refractivity contribution < 1.29 is 14.3 Å². The maximum absolute atomic E-state index is 12.8. The van der Waals surface area contributed by atoms with Crippen LogP contribution in [0.3, 0.4) is 0 Å². The summed E-state index contributed by atoms with van der Waals surface area (Å²) in [7, 11) is 0. The molecule has 7 nitrogen and oxygen atoms in total. The van der Waals surface area contributed by atoms with Gasteiger partial charge >= 0.3 is 6.03 Å². The van der Waals surface area contributed by atoms with E-state index in [2.05, 4.69) is 20.9 Å². The number of likely N-dealkylation sites (tertiary alicyclic amines) is 1. The Morgan fingerprint density at radius 1 is 1.06 bits per heavy atom. The zero-order chi connectivity index (χ0) is 21.5. The first kappa shape index (κ1) is 21.2. The fraction of sp³-hybridized carbons (Fsp3) is 0.417. The Hall–Kier alpha value is -3.06. The third-order valence-corrected chi connectivity index (χ3v) is 5.85. The number of para-hydroxylation sites is 1. The average Bonchev–Trinajstić information content (AvgIpc) is 2.80. The molecule has 2 heterocycles. The lowest BCUT2D eigenvalue weighted by Gasteiger charge is -2.26. The fourth-order valence-corrected chi connectivity index (χ4v) is 4.13. The van der Waals surface area contributed by atoms with E-state index in [9.17, 15) is 9.59 Å². The minimum atomic E-state index is -0.187. The van der Waals surface area contributed by atoms with Gasteiger partial charge in [0.25, 0.3) is 5.91 Å². The van der Waals surface area contributed by atoms with Gasteiger partial charge in [-0.2, -0.15) is 0 Å². The van der Waals surface area contributed by atoms with Gasteiger partial charge in [0.1, 0.15) is 12.4 Å². The summed E-state index contributed by atoms with van der Waals surface area (Å²) in [5.41, 5.74) is 2.18. The number of hydrogen-bond donors (Lipinski definition) is 3. The summed E-state index contributed by atoms with van der Waals surface area (Å²) >= 11 is 0. The van der Waals surface area contributed by atoms with Crippen molar-refractivity contribution in [2.45, 2.75) is 31.7 Å². The first-order valence-corrected chi connectivity index (χ1v) is 11.1. The molecule has 0 radical (unpaired) electrons. The summed E-state index contributed by atoms with van der Waals surface area (Å²) in [6.45, 7) is 4.51. The summed E-state index contributed by atoms with van der Waals surface area (Å²) in [4.78, 5) is 26.9. The lowest BCUT2D eigenvalue weighted by Crippen LogP contribution is -2.44. The highest BCUT2D eigenvalue weighted by Crippen LogP contribution is 2.27.